The van der Waals surface area contributed by atoms with Crippen LogP contribution in [0.4, 0.5) is 5.69 Å². The van der Waals surface area contributed by atoms with Crippen LogP contribution >= 0.6 is 0 Å². The highest BCUT2D eigenvalue weighted by Crippen LogP contribution is 2.33. The predicted molar refractivity (Wildman–Crippen MR) is 67.7 cm³/mol. The number of amides is 1. The highest BCUT2D eigenvalue weighted by molar-refractivity contribution is 5.95. The first kappa shape index (κ1) is 11.9. The Bertz CT molecular complexity index is 413. The molecule has 0 saturated heterocycles. The summed E-state index contributed by atoms with van der Waals surface area (Å²) in [6.45, 7) is 2.56. The molecule has 0 atom stereocenters. The molecular formula is C13H19N3O. The zero-order valence-electron chi connectivity index (χ0n) is 10.2. The van der Waals surface area contributed by atoms with Crippen LogP contribution in [0.15, 0.2) is 12.3 Å². The third-order valence-electron chi connectivity index (χ3n) is 3.12. The summed E-state index contributed by atoms with van der Waals surface area (Å²) in [4.78, 5) is 16.0. The van der Waals surface area contributed by atoms with Crippen molar-refractivity contribution in [2.75, 3.05) is 12.3 Å². The van der Waals surface area contributed by atoms with Gasteiger partial charge in [-0.3, -0.25) is 9.78 Å². The van der Waals surface area contributed by atoms with Crippen molar-refractivity contribution in [1.82, 2.24) is 10.3 Å². The summed E-state index contributed by atoms with van der Waals surface area (Å²) in [5.74, 6) is 0.848. The van der Waals surface area contributed by atoms with E-state index in [9.17, 15) is 4.79 Å². The summed E-state index contributed by atoms with van der Waals surface area (Å²) in [6.07, 6.45) is 6.59. The van der Waals surface area contributed by atoms with E-state index >= 15 is 0 Å². The zero-order valence-corrected chi connectivity index (χ0v) is 10.2. The van der Waals surface area contributed by atoms with Gasteiger partial charge < -0.3 is 11.1 Å². The number of aryl methyl sites for hydroxylation is 1. The van der Waals surface area contributed by atoms with Gasteiger partial charge in [-0.05, 0) is 31.7 Å². The number of nitrogens with two attached hydrogens (primary N) is 1. The second-order valence-electron chi connectivity index (χ2n) is 4.74. The first-order valence-corrected chi connectivity index (χ1v) is 6.17. The van der Waals surface area contributed by atoms with Gasteiger partial charge in [0.1, 0.15) is 0 Å². The number of nitrogens with zero attached hydrogens (tertiary/aromatic N) is 1. The lowest BCUT2D eigenvalue weighted by molar-refractivity contribution is 0.0952. The molecule has 0 bridgehead atoms. The standard InChI is InChI=1S/C13H19N3O/c1-9-12(7-11(14)8-16-9)13(17)15-6-2-3-10-4-5-10/h7-8,10H,2-6,14H2,1H3,(H,15,17). The Morgan fingerprint density at radius 3 is 3.06 bits per heavy atom. The molecule has 0 radical (unpaired) electrons. The van der Waals surface area contributed by atoms with Crippen LogP contribution in [-0.2, 0) is 0 Å². The number of anilines is 1. The average molecular weight is 233 g/mol. The molecule has 0 aromatic carbocycles. The second kappa shape index (κ2) is 5.17. The van der Waals surface area contributed by atoms with Crippen molar-refractivity contribution in [3.05, 3.63) is 23.5 Å². The number of hydrogen-bond donors (Lipinski definition) is 2. The second-order valence-corrected chi connectivity index (χ2v) is 4.74. The average Bonchev–Trinajstić information content (AvgIpc) is 3.11. The molecule has 1 aromatic heterocycles. The molecule has 3 N–H and O–H groups in total. The zero-order chi connectivity index (χ0) is 12.3. The molecule has 1 aliphatic carbocycles. The molecule has 1 aliphatic rings. The summed E-state index contributed by atoms with van der Waals surface area (Å²) >= 11 is 0. The minimum Gasteiger partial charge on any atom is -0.397 e. The van der Waals surface area contributed by atoms with Crippen molar-refractivity contribution in [3.8, 4) is 0 Å². The Morgan fingerprint density at radius 1 is 1.59 bits per heavy atom. The van der Waals surface area contributed by atoms with Gasteiger partial charge in [-0.15, -0.1) is 0 Å². The van der Waals surface area contributed by atoms with Crippen LogP contribution in [-0.4, -0.2) is 17.4 Å². The third-order valence-corrected chi connectivity index (χ3v) is 3.12. The van der Waals surface area contributed by atoms with Crippen LogP contribution in [0.25, 0.3) is 0 Å². The van der Waals surface area contributed by atoms with Crippen molar-refractivity contribution in [3.63, 3.8) is 0 Å². The van der Waals surface area contributed by atoms with Crippen LogP contribution in [0, 0.1) is 12.8 Å². The van der Waals surface area contributed by atoms with Gasteiger partial charge in [0, 0.05) is 6.54 Å². The molecule has 4 nitrogen and oxygen atoms in total. The number of hydrogen-bond acceptors (Lipinski definition) is 3. The number of nitrogen functional groups attached to an aromatic ring is 1. The van der Waals surface area contributed by atoms with Crippen LogP contribution in [0.5, 0.6) is 0 Å². The van der Waals surface area contributed by atoms with Gasteiger partial charge in [0.25, 0.3) is 5.91 Å². The van der Waals surface area contributed by atoms with E-state index in [4.69, 9.17) is 5.73 Å². The molecule has 0 aliphatic heterocycles. The maximum absolute atomic E-state index is 11.9. The van der Waals surface area contributed by atoms with Gasteiger partial charge in [-0.25, -0.2) is 0 Å². The van der Waals surface area contributed by atoms with E-state index in [-0.39, 0.29) is 5.91 Å². The van der Waals surface area contributed by atoms with E-state index in [2.05, 4.69) is 10.3 Å². The molecule has 2 rings (SSSR count). The van der Waals surface area contributed by atoms with E-state index in [0.29, 0.717) is 11.3 Å². The lowest BCUT2D eigenvalue weighted by Crippen LogP contribution is -2.25. The number of pyridine rings is 1. The third kappa shape index (κ3) is 3.44. The van der Waals surface area contributed by atoms with Crippen LogP contribution < -0.4 is 11.1 Å². The molecule has 17 heavy (non-hydrogen) atoms. The predicted octanol–water partition coefficient (Wildman–Crippen LogP) is 1.89. The van der Waals surface area contributed by atoms with E-state index in [0.717, 1.165) is 24.6 Å². The number of aromatic nitrogens is 1. The molecule has 0 unspecified atom stereocenters. The Balaban J connectivity index is 1.82. The van der Waals surface area contributed by atoms with E-state index in [1.54, 1.807) is 12.3 Å². The number of nitrogens with one attached hydrogen (secondary N) is 1. The van der Waals surface area contributed by atoms with Gasteiger partial charge >= 0.3 is 0 Å². The highest BCUT2D eigenvalue weighted by atomic mass is 16.1. The fourth-order valence-corrected chi connectivity index (χ4v) is 1.87. The van der Waals surface area contributed by atoms with Crippen molar-refractivity contribution in [2.24, 2.45) is 5.92 Å². The van der Waals surface area contributed by atoms with Gasteiger partial charge in [-0.1, -0.05) is 12.8 Å². The Kier molecular flexibility index (Phi) is 3.61. The van der Waals surface area contributed by atoms with Crippen LogP contribution in [0.1, 0.15) is 41.7 Å². The van der Waals surface area contributed by atoms with Crippen molar-refractivity contribution in [2.45, 2.75) is 32.6 Å². The summed E-state index contributed by atoms with van der Waals surface area (Å²) in [6, 6.07) is 1.68. The van der Waals surface area contributed by atoms with Gasteiger partial charge in [0.05, 0.1) is 23.1 Å². The maximum Gasteiger partial charge on any atom is 0.253 e. The maximum atomic E-state index is 11.9. The largest absolute Gasteiger partial charge is 0.397 e. The topological polar surface area (TPSA) is 68.0 Å². The number of carbonyl (C=O) groups is 1. The molecule has 1 heterocycles. The lowest BCUT2D eigenvalue weighted by atomic mass is 10.1. The smallest absolute Gasteiger partial charge is 0.253 e. The molecule has 0 spiro atoms. The fraction of sp³-hybridized carbons (Fsp3) is 0.538. The summed E-state index contributed by atoms with van der Waals surface area (Å²) < 4.78 is 0. The fourth-order valence-electron chi connectivity index (χ4n) is 1.87. The number of rotatable bonds is 5. The molecule has 1 aromatic rings. The molecule has 4 heteroatoms. The Morgan fingerprint density at radius 2 is 2.35 bits per heavy atom. The van der Waals surface area contributed by atoms with E-state index in [1.165, 1.54) is 19.3 Å². The molecule has 1 saturated carbocycles. The van der Waals surface area contributed by atoms with Crippen molar-refractivity contribution >= 4 is 11.6 Å². The first-order valence-electron chi connectivity index (χ1n) is 6.17. The minimum atomic E-state index is -0.0712. The highest BCUT2D eigenvalue weighted by Gasteiger charge is 2.20. The van der Waals surface area contributed by atoms with Crippen LogP contribution in [0.3, 0.4) is 0 Å². The van der Waals surface area contributed by atoms with E-state index in [1.807, 2.05) is 6.92 Å². The summed E-state index contributed by atoms with van der Waals surface area (Å²) in [7, 11) is 0. The Labute approximate surface area is 102 Å². The summed E-state index contributed by atoms with van der Waals surface area (Å²) in [5, 5.41) is 2.92. The molecule has 1 amide bonds. The summed E-state index contributed by atoms with van der Waals surface area (Å²) in [5.41, 5.74) is 7.45. The Hall–Kier alpha value is -1.58. The van der Waals surface area contributed by atoms with Gasteiger partial charge in [0.2, 0.25) is 0 Å². The quantitative estimate of drug-likeness (QED) is 0.763. The van der Waals surface area contributed by atoms with Gasteiger partial charge in [-0.2, -0.15) is 0 Å². The van der Waals surface area contributed by atoms with Gasteiger partial charge in [0.15, 0.2) is 0 Å². The van der Waals surface area contributed by atoms with E-state index < -0.39 is 0 Å². The van der Waals surface area contributed by atoms with Crippen LogP contribution in [0.2, 0.25) is 0 Å². The monoisotopic (exact) mass is 233 g/mol. The minimum absolute atomic E-state index is 0.0712. The van der Waals surface area contributed by atoms with Crippen molar-refractivity contribution < 1.29 is 4.79 Å². The number of carbonyl (C=O) groups excluding carboxylic acids is 1. The SMILES string of the molecule is Cc1ncc(N)cc1C(=O)NCCCC1CC1. The lowest BCUT2D eigenvalue weighted by Gasteiger charge is -2.07. The first-order chi connectivity index (χ1) is 8.16. The molecular weight excluding hydrogens is 214 g/mol. The molecule has 1 fully saturated rings. The van der Waals surface area contributed by atoms with Crippen molar-refractivity contribution in [1.29, 1.82) is 0 Å². The normalized spacial score (nSPS) is 14.6. The molecule has 92 valence electrons.